The van der Waals surface area contributed by atoms with Crippen molar-refractivity contribution >= 4 is 46.4 Å². The maximum absolute atomic E-state index is 13.2. The molecule has 0 saturated heterocycles. The van der Waals surface area contributed by atoms with Gasteiger partial charge in [-0.3, -0.25) is 19.5 Å². The van der Waals surface area contributed by atoms with Crippen LogP contribution in [-0.2, 0) is 41.8 Å². The minimum atomic E-state index is -1.84. The van der Waals surface area contributed by atoms with Crippen LogP contribution in [0.5, 0.6) is 0 Å². The van der Waals surface area contributed by atoms with Crippen molar-refractivity contribution in [2.24, 2.45) is 0 Å². The first-order valence-electron chi connectivity index (χ1n) is 10.2. The molecular formula is C23H19FN4O8. The molecule has 0 aliphatic rings. The van der Waals surface area contributed by atoms with E-state index < -0.39 is 42.1 Å². The van der Waals surface area contributed by atoms with Gasteiger partial charge in [0.15, 0.2) is 0 Å². The Labute approximate surface area is 202 Å². The minimum Gasteiger partial charge on any atom is -0.473 e. The summed E-state index contributed by atoms with van der Waals surface area (Å²) in [6.45, 7) is -0.721. The van der Waals surface area contributed by atoms with Crippen molar-refractivity contribution in [2.75, 3.05) is 19.1 Å². The minimum absolute atomic E-state index is 0.0400. The third-order valence-corrected chi connectivity index (χ3v) is 4.92. The maximum Gasteiger partial charge on any atom is 0.417 e. The van der Waals surface area contributed by atoms with E-state index in [0.717, 1.165) is 12.0 Å². The summed E-state index contributed by atoms with van der Waals surface area (Å²) in [5.74, 6) is -7.07. The number of rotatable bonds is 6. The van der Waals surface area contributed by atoms with Gasteiger partial charge in [0.2, 0.25) is 0 Å². The van der Waals surface area contributed by atoms with Gasteiger partial charge in [-0.1, -0.05) is 12.1 Å². The number of ether oxygens (including phenoxy) is 2. The molecule has 0 radical (unpaired) electrons. The molecule has 13 heteroatoms. The molecule has 2 N–H and O–H groups in total. The zero-order chi connectivity index (χ0) is 26.4. The number of fused-ring (bicyclic) bond motifs is 1. The molecule has 2 amide bonds. The number of esters is 2. The number of methoxy groups -OCH3 is 1. The van der Waals surface area contributed by atoms with E-state index in [0.29, 0.717) is 5.56 Å². The number of carbonyl (C=O) groups excluding carboxylic acids is 4. The van der Waals surface area contributed by atoms with Crippen LogP contribution in [0.2, 0.25) is 0 Å². The Balaban J connectivity index is 2.10. The number of aliphatic carboxylic acids is 1. The van der Waals surface area contributed by atoms with Gasteiger partial charge in [-0.05, 0) is 29.8 Å². The molecule has 2 aromatic heterocycles. The summed E-state index contributed by atoms with van der Waals surface area (Å²) in [6.07, 6.45) is 1.36. The number of nitrogens with zero attached hydrogens (tertiary/aromatic N) is 3. The van der Waals surface area contributed by atoms with Gasteiger partial charge in [0.25, 0.3) is 5.91 Å². The molecule has 0 aliphatic heterocycles. The molecule has 3 rings (SSSR count). The molecule has 0 fully saturated rings. The highest BCUT2D eigenvalue weighted by molar-refractivity contribution is 6.38. The normalized spacial score (nSPS) is 10.4. The second-order valence-electron chi connectivity index (χ2n) is 7.21. The van der Waals surface area contributed by atoms with Gasteiger partial charge >= 0.3 is 23.8 Å². The fraction of sp³-hybridized carbons (Fsp3) is 0.174. The van der Waals surface area contributed by atoms with Crippen LogP contribution in [0.1, 0.15) is 21.6 Å². The van der Waals surface area contributed by atoms with Gasteiger partial charge in [-0.15, -0.1) is 0 Å². The summed E-state index contributed by atoms with van der Waals surface area (Å²) in [5, 5.41) is 11.6. The number of pyridine rings is 2. The number of nitrogens with one attached hydrogen (secondary N) is 1. The third-order valence-electron chi connectivity index (χ3n) is 4.92. The van der Waals surface area contributed by atoms with E-state index in [4.69, 9.17) is 9.84 Å². The lowest BCUT2D eigenvalue weighted by Crippen LogP contribution is -2.35. The molecule has 1 aromatic carbocycles. The van der Waals surface area contributed by atoms with Gasteiger partial charge in [0, 0.05) is 30.7 Å². The molecule has 0 atom stereocenters. The van der Waals surface area contributed by atoms with Crippen molar-refractivity contribution in [2.45, 2.75) is 13.2 Å². The highest BCUT2D eigenvalue weighted by atomic mass is 19.1. The third kappa shape index (κ3) is 5.58. The highest BCUT2D eigenvalue weighted by Crippen LogP contribution is 2.29. The average Bonchev–Trinajstić information content (AvgIpc) is 2.89. The first kappa shape index (κ1) is 25.7. The standard InChI is InChI=1S/C23H19FN4O8/c1-28(20(30)22(33)35-2)18-14-4-3-9-25-16(14)15(11-36-23(34)21(31)32)17(27-18)19(29)26-10-12-5-7-13(24)8-6-12/h3-9H,10-11H2,1-2H3,(H,26,29)(H,31,32). The molecule has 0 unspecified atom stereocenters. The van der Waals surface area contributed by atoms with Crippen molar-refractivity contribution in [3.63, 3.8) is 0 Å². The number of benzene rings is 1. The van der Waals surface area contributed by atoms with Crippen molar-refractivity contribution in [3.05, 3.63) is 65.2 Å². The molecule has 0 aliphatic carbocycles. The number of carboxylic acid groups (broad SMARTS) is 1. The Kier molecular flexibility index (Phi) is 7.84. The van der Waals surface area contributed by atoms with Crippen LogP contribution in [0.3, 0.4) is 0 Å². The fourth-order valence-electron chi connectivity index (χ4n) is 3.14. The van der Waals surface area contributed by atoms with Gasteiger partial charge in [-0.25, -0.2) is 23.8 Å². The number of halogens is 1. The second-order valence-corrected chi connectivity index (χ2v) is 7.21. The van der Waals surface area contributed by atoms with Crippen molar-refractivity contribution in [3.8, 4) is 0 Å². The van der Waals surface area contributed by atoms with E-state index in [9.17, 15) is 28.4 Å². The molecule has 3 aromatic rings. The van der Waals surface area contributed by atoms with Crippen molar-refractivity contribution in [1.29, 1.82) is 0 Å². The molecule has 0 bridgehead atoms. The number of carbonyl (C=O) groups is 5. The lowest BCUT2D eigenvalue weighted by atomic mass is 10.1. The Hall–Kier alpha value is -4.94. The van der Waals surface area contributed by atoms with Crippen LogP contribution in [0.4, 0.5) is 10.2 Å². The number of aromatic nitrogens is 2. The summed E-state index contributed by atoms with van der Waals surface area (Å²) >= 11 is 0. The molecular weight excluding hydrogens is 479 g/mol. The topological polar surface area (TPSA) is 165 Å². The predicted molar refractivity (Wildman–Crippen MR) is 120 cm³/mol. The lowest BCUT2D eigenvalue weighted by Gasteiger charge is -2.20. The predicted octanol–water partition coefficient (Wildman–Crippen LogP) is 0.962. The zero-order valence-electron chi connectivity index (χ0n) is 19.0. The molecule has 0 spiro atoms. The Morgan fingerprint density at radius 1 is 1.08 bits per heavy atom. The molecule has 2 heterocycles. The van der Waals surface area contributed by atoms with Crippen LogP contribution in [0, 0.1) is 5.82 Å². The van der Waals surface area contributed by atoms with E-state index in [1.54, 1.807) is 0 Å². The van der Waals surface area contributed by atoms with Crippen LogP contribution in [-0.4, -0.2) is 59.0 Å². The summed E-state index contributed by atoms with van der Waals surface area (Å²) in [4.78, 5) is 69.1. The number of amides is 2. The number of likely N-dealkylation sites (N-methyl/N-ethyl adjacent to an activating group) is 1. The summed E-state index contributed by atoms with van der Waals surface area (Å²) in [7, 11) is 2.26. The molecule has 36 heavy (non-hydrogen) atoms. The summed E-state index contributed by atoms with van der Waals surface area (Å²) in [6, 6.07) is 8.33. The number of hydrogen-bond donors (Lipinski definition) is 2. The number of anilines is 1. The molecule has 12 nitrogen and oxygen atoms in total. The van der Waals surface area contributed by atoms with E-state index in [2.05, 4.69) is 20.0 Å². The van der Waals surface area contributed by atoms with E-state index >= 15 is 0 Å². The van der Waals surface area contributed by atoms with E-state index in [-0.39, 0.29) is 34.5 Å². The highest BCUT2D eigenvalue weighted by Gasteiger charge is 2.28. The van der Waals surface area contributed by atoms with Crippen LogP contribution in [0.15, 0.2) is 42.6 Å². The van der Waals surface area contributed by atoms with E-state index in [1.807, 2.05) is 0 Å². The summed E-state index contributed by atoms with van der Waals surface area (Å²) < 4.78 is 22.4. The van der Waals surface area contributed by atoms with Crippen molar-refractivity contribution < 1.29 is 42.9 Å². The lowest BCUT2D eigenvalue weighted by molar-refractivity contribution is -0.164. The average molecular weight is 498 g/mol. The Morgan fingerprint density at radius 3 is 2.42 bits per heavy atom. The monoisotopic (exact) mass is 498 g/mol. The second kappa shape index (κ2) is 11.0. The first-order chi connectivity index (χ1) is 17.1. The van der Waals surface area contributed by atoms with Crippen LogP contribution < -0.4 is 10.2 Å². The van der Waals surface area contributed by atoms with Gasteiger partial charge in [-0.2, -0.15) is 0 Å². The van der Waals surface area contributed by atoms with Crippen LogP contribution >= 0.6 is 0 Å². The molecule has 0 saturated carbocycles. The van der Waals surface area contributed by atoms with Gasteiger partial charge in [0.1, 0.15) is 23.9 Å². The van der Waals surface area contributed by atoms with Gasteiger partial charge in [0.05, 0.1) is 12.6 Å². The quantitative estimate of drug-likeness (QED) is 0.369. The smallest absolute Gasteiger partial charge is 0.417 e. The van der Waals surface area contributed by atoms with Gasteiger partial charge < -0.3 is 19.9 Å². The molecule has 186 valence electrons. The number of carboxylic acids is 1. The van der Waals surface area contributed by atoms with Crippen LogP contribution in [0.25, 0.3) is 10.9 Å². The fourth-order valence-corrected chi connectivity index (χ4v) is 3.14. The largest absolute Gasteiger partial charge is 0.473 e. The Bertz CT molecular complexity index is 1360. The first-order valence-corrected chi connectivity index (χ1v) is 10.2. The SMILES string of the molecule is COC(=O)C(=O)N(C)c1nc(C(=O)NCc2ccc(F)cc2)c(COC(=O)C(=O)O)c2ncccc12. The number of hydrogen-bond acceptors (Lipinski definition) is 9. The maximum atomic E-state index is 13.2. The van der Waals surface area contributed by atoms with Crippen molar-refractivity contribution in [1.82, 2.24) is 15.3 Å². The Morgan fingerprint density at radius 2 is 1.78 bits per heavy atom. The zero-order valence-corrected chi connectivity index (χ0v) is 19.0. The summed E-state index contributed by atoms with van der Waals surface area (Å²) in [5.41, 5.74) is 0.235. The van der Waals surface area contributed by atoms with E-state index in [1.165, 1.54) is 49.6 Å².